The van der Waals surface area contributed by atoms with Crippen LogP contribution in [0.2, 0.25) is 0 Å². The number of aliphatic hydroxyl groups is 2. The zero-order chi connectivity index (χ0) is 15.9. The van der Waals surface area contributed by atoms with Gasteiger partial charge in [0.2, 0.25) is 0 Å². The normalized spacial score (nSPS) is 12.2. The molecule has 2 rings (SSSR count). The molecule has 21 heavy (non-hydrogen) atoms. The van der Waals surface area contributed by atoms with Gasteiger partial charge in [-0.25, -0.2) is 8.78 Å². The molecular weight excluding hydrogens is 289 g/mol. The van der Waals surface area contributed by atoms with Gasteiger partial charge in [-0.2, -0.15) is 0 Å². The fourth-order valence-electron chi connectivity index (χ4n) is 2.15. The van der Waals surface area contributed by atoms with Crippen molar-refractivity contribution in [3.8, 4) is 11.5 Å². The second-order valence-corrected chi connectivity index (χ2v) is 4.91. The monoisotopic (exact) mass is 302 g/mol. The Bertz CT molecular complexity index is 693. The standard InChI is InChI=1S/C14H13F3O4/c1-6(2)8-3-7(18)4-9-12(8)11(21-14(17,19)20)5-10(15)13(9)16/h3-6,18-20H,1-2H3. The van der Waals surface area contributed by atoms with E-state index in [9.17, 15) is 18.3 Å². The van der Waals surface area contributed by atoms with Crippen molar-refractivity contribution in [3.63, 3.8) is 0 Å². The molecule has 2 aromatic rings. The van der Waals surface area contributed by atoms with Crippen molar-refractivity contribution in [1.29, 1.82) is 0 Å². The van der Waals surface area contributed by atoms with E-state index in [1.54, 1.807) is 13.8 Å². The van der Waals surface area contributed by atoms with Crippen LogP contribution in [0.25, 0.3) is 10.8 Å². The van der Waals surface area contributed by atoms with E-state index in [0.717, 1.165) is 6.07 Å². The summed E-state index contributed by atoms with van der Waals surface area (Å²) in [4.78, 5) is 0. The summed E-state index contributed by atoms with van der Waals surface area (Å²) >= 11 is 0. The molecule has 0 atom stereocenters. The molecule has 0 aromatic heterocycles. The second-order valence-electron chi connectivity index (χ2n) is 4.91. The molecular formula is C14H13F3O4. The van der Waals surface area contributed by atoms with Gasteiger partial charge >= 0.3 is 6.23 Å². The quantitative estimate of drug-likeness (QED) is 0.763. The van der Waals surface area contributed by atoms with Crippen molar-refractivity contribution in [3.05, 3.63) is 35.4 Å². The summed E-state index contributed by atoms with van der Waals surface area (Å²) in [6.45, 7) is 3.42. The molecule has 4 nitrogen and oxygen atoms in total. The van der Waals surface area contributed by atoms with E-state index in [4.69, 9.17) is 10.2 Å². The number of phenolic OH excluding ortho intramolecular Hbond substituents is 1. The third-order valence-corrected chi connectivity index (χ3v) is 2.97. The number of rotatable bonds is 3. The lowest BCUT2D eigenvalue weighted by Crippen LogP contribution is -2.29. The number of hydrogen-bond acceptors (Lipinski definition) is 4. The van der Waals surface area contributed by atoms with E-state index in [1.807, 2.05) is 0 Å². The first-order valence-electron chi connectivity index (χ1n) is 6.07. The maximum Gasteiger partial charge on any atom is 0.492 e. The van der Waals surface area contributed by atoms with Gasteiger partial charge in [-0.1, -0.05) is 13.8 Å². The highest BCUT2D eigenvalue weighted by atomic mass is 19.2. The first-order valence-corrected chi connectivity index (χ1v) is 6.07. The summed E-state index contributed by atoms with van der Waals surface area (Å²) in [7, 11) is 0. The maximum absolute atomic E-state index is 13.9. The highest BCUT2D eigenvalue weighted by Gasteiger charge is 2.28. The van der Waals surface area contributed by atoms with Gasteiger partial charge in [0.1, 0.15) is 11.5 Å². The molecule has 0 aliphatic heterocycles. The smallest absolute Gasteiger partial charge is 0.492 e. The van der Waals surface area contributed by atoms with Crippen molar-refractivity contribution in [2.75, 3.05) is 0 Å². The van der Waals surface area contributed by atoms with Gasteiger partial charge in [-0.3, -0.25) is 0 Å². The van der Waals surface area contributed by atoms with Crippen LogP contribution in [0, 0.1) is 11.6 Å². The number of aromatic hydroxyl groups is 1. The molecule has 0 saturated heterocycles. The summed E-state index contributed by atoms with van der Waals surface area (Å²) in [6, 6.07) is 2.74. The van der Waals surface area contributed by atoms with Crippen LogP contribution in [-0.4, -0.2) is 21.5 Å². The summed E-state index contributed by atoms with van der Waals surface area (Å²) in [5.41, 5.74) is 0.336. The third kappa shape index (κ3) is 3.03. The number of fused-ring (bicyclic) bond motifs is 1. The maximum atomic E-state index is 13.9. The zero-order valence-electron chi connectivity index (χ0n) is 11.2. The number of ether oxygens (including phenoxy) is 1. The van der Waals surface area contributed by atoms with Crippen molar-refractivity contribution in [2.45, 2.75) is 26.0 Å². The number of hydrogen-bond donors (Lipinski definition) is 3. The Labute approximate surface area is 118 Å². The van der Waals surface area contributed by atoms with Crippen LogP contribution in [0.1, 0.15) is 25.3 Å². The van der Waals surface area contributed by atoms with Crippen LogP contribution in [0.15, 0.2) is 18.2 Å². The molecule has 114 valence electrons. The fourth-order valence-corrected chi connectivity index (χ4v) is 2.15. The highest BCUT2D eigenvalue weighted by molar-refractivity contribution is 5.93. The molecule has 0 fully saturated rings. The van der Waals surface area contributed by atoms with E-state index in [1.165, 1.54) is 6.07 Å². The van der Waals surface area contributed by atoms with Gasteiger partial charge < -0.3 is 20.1 Å². The summed E-state index contributed by atoms with van der Waals surface area (Å²) < 4.78 is 44.5. The minimum Gasteiger partial charge on any atom is -0.508 e. The van der Waals surface area contributed by atoms with Gasteiger partial charge in [0, 0.05) is 16.8 Å². The Morgan fingerprint density at radius 1 is 1.14 bits per heavy atom. The first kappa shape index (κ1) is 15.4. The minimum atomic E-state index is -4.04. The Hall–Kier alpha value is -1.99. The van der Waals surface area contributed by atoms with Crippen LogP contribution in [0.5, 0.6) is 11.5 Å². The summed E-state index contributed by atoms with van der Waals surface area (Å²) in [6.07, 6.45) is -4.04. The molecule has 0 radical (unpaired) electrons. The Kier molecular flexibility index (Phi) is 3.73. The molecule has 0 amide bonds. The highest BCUT2D eigenvalue weighted by Crippen LogP contribution is 2.39. The predicted octanol–water partition coefficient (Wildman–Crippen LogP) is 2.89. The Balaban J connectivity index is 2.88. The van der Waals surface area contributed by atoms with Crippen LogP contribution in [0.3, 0.4) is 0 Å². The van der Waals surface area contributed by atoms with E-state index in [2.05, 4.69) is 4.74 Å². The van der Waals surface area contributed by atoms with E-state index >= 15 is 0 Å². The number of alkyl halides is 1. The average Bonchev–Trinajstić information content (AvgIpc) is 2.32. The molecule has 0 heterocycles. The van der Waals surface area contributed by atoms with Crippen molar-refractivity contribution >= 4 is 10.8 Å². The second kappa shape index (κ2) is 5.09. The van der Waals surface area contributed by atoms with Gasteiger partial charge in [0.25, 0.3) is 0 Å². The van der Waals surface area contributed by atoms with Gasteiger partial charge in [-0.05, 0) is 23.6 Å². The summed E-state index contributed by atoms with van der Waals surface area (Å²) in [5, 5.41) is 26.5. The van der Waals surface area contributed by atoms with Crippen LogP contribution < -0.4 is 4.74 Å². The van der Waals surface area contributed by atoms with Crippen molar-refractivity contribution in [1.82, 2.24) is 0 Å². The molecule has 2 aromatic carbocycles. The molecule has 7 heteroatoms. The largest absolute Gasteiger partial charge is 0.508 e. The van der Waals surface area contributed by atoms with Gasteiger partial charge in [-0.15, -0.1) is 4.39 Å². The van der Waals surface area contributed by atoms with Crippen molar-refractivity contribution in [2.24, 2.45) is 0 Å². The van der Waals surface area contributed by atoms with E-state index < -0.39 is 23.6 Å². The molecule has 0 spiro atoms. The van der Waals surface area contributed by atoms with E-state index in [-0.39, 0.29) is 22.4 Å². The van der Waals surface area contributed by atoms with Gasteiger partial charge in [0.15, 0.2) is 11.6 Å². The molecule has 0 unspecified atom stereocenters. The molecule has 0 saturated carbocycles. The Morgan fingerprint density at radius 2 is 1.76 bits per heavy atom. The zero-order valence-corrected chi connectivity index (χ0v) is 11.2. The summed E-state index contributed by atoms with van der Waals surface area (Å²) in [5.74, 6) is -3.77. The van der Waals surface area contributed by atoms with Crippen LogP contribution >= 0.6 is 0 Å². The lowest BCUT2D eigenvalue weighted by molar-refractivity contribution is -0.375. The minimum absolute atomic E-state index is 0.0492. The van der Waals surface area contributed by atoms with E-state index in [0.29, 0.717) is 11.6 Å². The number of benzene rings is 2. The predicted molar refractivity (Wildman–Crippen MR) is 68.5 cm³/mol. The molecule has 0 aliphatic rings. The Morgan fingerprint density at radius 3 is 2.29 bits per heavy atom. The lowest BCUT2D eigenvalue weighted by atomic mass is 9.94. The lowest BCUT2D eigenvalue weighted by Gasteiger charge is -2.19. The van der Waals surface area contributed by atoms with Crippen LogP contribution in [0.4, 0.5) is 13.2 Å². The van der Waals surface area contributed by atoms with Crippen LogP contribution in [-0.2, 0) is 0 Å². The molecule has 3 N–H and O–H groups in total. The fraction of sp³-hybridized carbons (Fsp3) is 0.286. The number of phenols is 1. The first-order chi connectivity index (χ1) is 9.60. The average molecular weight is 302 g/mol. The topological polar surface area (TPSA) is 69.9 Å². The molecule has 0 bridgehead atoms. The SMILES string of the molecule is CC(C)c1cc(O)cc2c(F)c(F)cc(OC(O)(O)F)c12. The molecule has 0 aliphatic carbocycles. The van der Waals surface area contributed by atoms with Crippen molar-refractivity contribution < 1.29 is 33.2 Å². The van der Waals surface area contributed by atoms with Gasteiger partial charge in [0.05, 0.1) is 0 Å². The third-order valence-electron chi connectivity index (χ3n) is 2.97. The number of halogens is 3.